The molecule has 0 spiro atoms. The van der Waals surface area contributed by atoms with Crippen molar-refractivity contribution in [1.29, 1.82) is 0 Å². The predicted octanol–water partition coefficient (Wildman–Crippen LogP) is 2.73. The van der Waals surface area contributed by atoms with E-state index in [1.165, 1.54) is 5.56 Å². The Morgan fingerprint density at radius 2 is 1.92 bits per heavy atom. The van der Waals surface area contributed by atoms with Gasteiger partial charge < -0.3 is 4.74 Å². The highest BCUT2D eigenvalue weighted by Crippen LogP contribution is 2.17. The highest BCUT2D eigenvalue weighted by Gasteiger charge is 2.10. The van der Waals surface area contributed by atoms with Gasteiger partial charge in [-0.1, -0.05) is 30.3 Å². The van der Waals surface area contributed by atoms with Crippen molar-refractivity contribution in [2.45, 2.75) is 19.9 Å². The van der Waals surface area contributed by atoms with Crippen molar-refractivity contribution >= 4 is 20.9 Å². The molecule has 1 aromatic heterocycles. The molecule has 7 heteroatoms. The Morgan fingerprint density at radius 3 is 2.73 bits per heavy atom. The summed E-state index contributed by atoms with van der Waals surface area (Å²) in [4.78, 5) is 0. The maximum atomic E-state index is 12.0. The maximum absolute atomic E-state index is 12.0. The number of hydrogen-bond donors (Lipinski definition) is 1. The molecule has 3 aromatic rings. The van der Waals surface area contributed by atoms with E-state index in [9.17, 15) is 8.42 Å². The number of rotatable bonds is 9. The van der Waals surface area contributed by atoms with Gasteiger partial charge in [-0.3, -0.25) is 4.68 Å². The molecule has 0 saturated heterocycles. The zero-order chi connectivity index (χ0) is 18.4. The van der Waals surface area contributed by atoms with Crippen LogP contribution in [0.25, 0.3) is 10.9 Å². The number of aromatic nitrogens is 2. The summed E-state index contributed by atoms with van der Waals surface area (Å²) < 4.78 is 34.0. The molecule has 0 amide bonds. The molecule has 0 fully saturated rings. The standard InChI is InChI=1S/C19H23N3O3S/c1-16-7-5-10-19-18(16)15-20-22(19)12-6-11-21-26(23,24)14-13-25-17-8-3-2-4-9-17/h2-5,7-10,15,21H,6,11-14H2,1H3. The van der Waals surface area contributed by atoms with E-state index in [2.05, 4.69) is 22.8 Å². The van der Waals surface area contributed by atoms with Gasteiger partial charge in [-0.2, -0.15) is 5.10 Å². The van der Waals surface area contributed by atoms with Gasteiger partial charge in [0.2, 0.25) is 10.0 Å². The van der Waals surface area contributed by atoms with Crippen LogP contribution in [0.5, 0.6) is 5.75 Å². The van der Waals surface area contributed by atoms with E-state index in [4.69, 9.17) is 4.74 Å². The zero-order valence-electron chi connectivity index (χ0n) is 14.8. The van der Waals surface area contributed by atoms with E-state index in [1.807, 2.05) is 41.2 Å². The quantitative estimate of drug-likeness (QED) is 0.585. The molecule has 0 unspecified atom stereocenters. The number of sulfonamides is 1. The molecule has 0 atom stereocenters. The topological polar surface area (TPSA) is 73.2 Å². The molecular formula is C19H23N3O3S. The van der Waals surface area contributed by atoms with Gasteiger partial charge in [-0.15, -0.1) is 0 Å². The summed E-state index contributed by atoms with van der Waals surface area (Å²) in [5, 5.41) is 5.52. The summed E-state index contributed by atoms with van der Waals surface area (Å²) in [6.07, 6.45) is 2.53. The summed E-state index contributed by atoms with van der Waals surface area (Å²) in [5.74, 6) is 0.606. The Labute approximate surface area is 153 Å². The number of ether oxygens (including phenoxy) is 1. The molecule has 2 aromatic carbocycles. The number of para-hydroxylation sites is 1. The van der Waals surface area contributed by atoms with Crippen LogP contribution in [0.15, 0.2) is 54.7 Å². The molecule has 0 radical (unpaired) electrons. The second kappa shape index (κ2) is 8.33. The van der Waals surface area contributed by atoms with Crippen LogP contribution in [0.4, 0.5) is 0 Å². The minimum Gasteiger partial charge on any atom is -0.492 e. The third kappa shape index (κ3) is 4.83. The van der Waals surface area contributed by atoms with Crippen LogP contribution < -0.4 is 9.46 Å². The largest absolute Gasteiger partial charge is 0.492 e. The molecule has 6 nitrogen and oxygen atoms in total. The minimum absolute atomic E-state index is 0.0637. The van der Waals surface area contributed by atoms with E-state index in [0.29, 0.717) is 25.3 Å². The first-order valence-electron chi connectivity index (χ1n) is 8.61. The summed E-state index contributed by atoms with van der Waals surface area (Å²) >= 11 is 0. The van der Waals surface area contributed by atoms with Gasteiger partial charge in [-0.05, 0) is 37.1 Å². The van der Waals surface area contributed by atoms with Crippen molar-refractivity contribution in [3.8, 4) is 5.75 Å². The van der Waals surface area contributed by atoms with Crippen LogP contribution >= 0.6 is 0 Å². The number of fused-ring (bicyclic) bond motifs is 1. The van der Waals surface area contributed by atoms with Crippen molar-refractivity contribution < 1.29 is 13.2 Å². The number of nitrogens with zero attached hydrogens (tertiary/aromatic N) is 2. The average molecular weight is 373 g/mol. The fourth-order valence-corrected chi connectivity index (χ4v) is 3.64. The fourth-order valence-electron chi connectivity index (χ4n) is 2.74. The lowest BCUT2D eigenvalue weighted by Crippen LogP contribution is -2.30. The number of benzene rings is 2. The molecule has 0 saturated carbocycles. The van der Waals surface area contributed by atoms with Gasteiger partial charge in [-0.25, -0.2) is 13.1 Å². The van der Waals surface area contributed by atoms with Crippen molar-refractivity contribution in [2.24, 2.45) is 0 Å². The molecule has 26 heavy (non-hydrogen) atoms. The first-order chi connectivity index (χ1) is 12.6. The Balaban J connectivity index is 1.42. The molecule has 0 aliphatic carbocycles. The molecule has 0 bridgehead atoms. The number of nitrogens with one attached hydrogen (secondary N) is 1. The Bertz CT molecular complexity index is 953. The van der Waals surface area contributed by atoms with Crippen molar-refractivity contribution in [1.82, 2.24) is 14.5 Å². The Hall–Kier alpha value is -2.38. The van der Waals surface area contributed by atoms with Gasteiger partial charge in [0.25, 0.3) is 0 Å². The predicted molar refractivity (Wildman–Crippen MR) is 103 cm³/mol. The molecule has 1 N–H and O–H groups in total. The van der Waals surface area contributed by atoms with E-state index in [-0.39, 0.29) is 12.4 Å². The van der Waals surface area contributed by atoms with Crippen LogP contribution in [0, 0.1) is 6.92 Å². The SMILES string of the molecule is Cc1cccc2c1cnn2CCCNS(=O)(=O)CCOc1ccccc1. The van der Waals surface area contributed by atoms with E-state index in [0.717, 1.165) is 10.9 Å². The summed E-state index contributed by atoms with van der Waals surface area (Å²) in [7, 11) is -3.35. The summed E-state index contributed by atoms with van der Waals surface area (Å²) in [6, 6.07) is 15.3. The van der Waals surface area contributed by atoms with Gasteiger partial charge in [0, 0.05) is 18.5 Å². The normalized spacial score (nSPS) is 11.7. The van der Waals surface area contributed by atoms with Gasteiger partial charge in [0.05, 0.1) is 17.5 Å². The highest BCUT2D eigenvalue weighted by molar-refractivity contribution is 7.89. The molecule has 1 heterocycles. The van der Waals surface area contributed by atoms with Crippen molar-refractivity contribution in [2.75, 3.05) is 18.9 Å². The second-order valence-electron chi connectivity index (χ2n) is 6.10. The molecule has 3 rings (SSSR count). The van der Waals surface area contributed by atoms with Gasteiger partial charge in [0.15, 0.2) is 0 Å². The van der Waals surface area contributed by atoms with Gasteiger partial charge in [0.1, 0.15) is 12.4 Å². The first kappa shape index (κ1) is 18.4. The van der Waals surface area contributed by atoms with Crippen LogP contribution in [-0.4, -0.2) is 37.1 Å². The maximum Gasteiger partial charge on any atom is 0.214 e. The number of hydrogen-bond acceptors (Lipinski definition) is 4. The molecule has 138 valence electrons. The Kier molecular flexibility index (Phi) is 5.90. The second-order valence-corrected chi connectivity index (χ2v) is 8.03. The smallest absolute Gasteiger partial charge is 0.214 e. The minimum atomic E-state index is -3.35. The molecule has 0 aliphatic rings. The third-order valence-electron chi connectivity index (χ3n) is 4.14. The fraction of sp³-hybridized carbons (Fsp3) is 0.316. The summed E-state index contributed by atoms with van der Waals surface area (Å²) in [6.45, 7) is 3.22. The summed E-state index contributed by atoms with van der Waals surface area (Å²) in [5.41, 5.74) is 2.26. The third-order valence-corrected chi connectivity index (χ3v) is 5.49. The first-order valence-corrected chi connectivity index (χ1v) is 10.3. The van der Waals surface area contributed by atoms with Gasteiger partial charge >= 0.3 is 0 Å². The van der Waals surface area contributed by atoms with E-state index < -0.39 is 10.0 Å². The van der Waals surface area contributed by atoms with E-state index in [1.54, 1.807) is 12.1 Å². The van der Waals surface area contributed by atoms with Crippen LogP contribution in [-0.2, 0) is 16.6 Å². The van der Waals surface area contributed by atoms with Crippen LogP contribution in [0.1, 0.15) is 12.0 Å². The van der Waals surface area contributed by atoms with Crippen LogP contribution in [0.2, 0.25) is 0 Å². The monoisotopic (exact) mass is 373 g/mol. The zero-order valence-corrected chi connectivity index (χ0v) is 15.6. The lowest BCUT2D eigenvalue weighted by molar-refractivity contribution is 0.340. The van der Waals surface area contributed by atoms with Crippen LogP contribution in [0.3, 0.4) is 0 Å². The Morgan fingerprint density at radius 1 is 1.12 bits per heavy atom. The van der Waals surface area contributed by atoms with E-state index >= 15 is 0 Å². The van der Waals surface area contributed by atoms with Crippen molar-refractivity contribution in [3.05, 3.63) is 60.3 Å². The average Bonchev–Trinajstić information content (AvgIpc) is 3.04. The van der Waals surface area contributed by atoms with Crippen molar-refractivity contribution in [3.63, 3.8) is 0 Å². The molecule has 0 aliphatic heterocycles. The molecular weight excluding hydrogens is 350 g/mol. The highest BCUT2D eigenvalue weighted by atomic mass is 32.2. The lowest BCUT2D eigenvalue weighted by atomic mass is 10.1. The lowest BCUT2D eigenvalue weighted by Gasteiger charge is -2.09. The number of aryl methyl sites for hydroxylation is 2.